The first kappa shape index (κ1) is 13.0. The van der Waals surface area contributed by atoms with Crippen LogP contribution in [0, 0.1) is 13.8 Å². The van der Waals surface area contributed by atoms with Gasteiger partial charge in [0.1, 0.15) is 0 Å². The summed E-state index contributed by atoms with van der Waals surface area (Å²) in [5.41, 5.74) is 6.04. The number of pyridine rings is 1. The Morgan fingerprint density at radius 1 is 0.682 bits per heavy atom. The Morgan fingerprint density at radius 2 is 1.55 bits per heavy atom. The van der Waals surface area contributed by atoms with Gasteiger partial charge in [-0.25, -0.2) is 0 Å². The van der Waals surface area contributed by atoms with Gasteiger partial charge in [-0.15, -0.1) is 0 Å². The lowest BCUT2D eigenvalue weighted by Crippen LogP contribution is -1.87. The smallest absolute Gasteiger partial charge is 0.0705 e. The Hall–Kier alpha value is -2.67. The van der Waals surface area contributed by atoms with Gasteiger partial charge in [-0.2, -0.15) is 0 Å². The van der Waals surface area contributed by atoms with Crippen LogP contribution in [0.5, 0.6) is 0 Å². The quantitative estimate of drug-likeness (QED) is 0.438. The highest BCUT2D eigenvalue weighted by Gasteiger charge is 2.05. The largest absolute Gasteiger partial charge is 0.256 e. The van der Waals surface area contributed by atoms with Crippen LogP contribution in [0.3, 0.4) is 0 Å². The zero-order valence-electron chi connectivity index (χ0n) is 12.8. The number of hydrogen-bond donors (Lipinski definition) is 0. The molecule has 0 unspecified atom stereocenters. The second-order valence-corrected chi connectivity index (χ2v) is 5.88. The summed E-state index contributed by atoms with van der Waals surface area (Å²) in [5.74, 6) is 0. The molecule has 4 aromatic rings. The summed E-state index contributed by atoms with van der Waals surface area (Å²) in [7, 11) is 0. The molecule has 0 bridgehead atoms. The highest BCUT2D eigenvalue weighted by molar-refractivity contribution is 5.92. The minimum Gasteiger partial charge on any atom is -0.256 e. The van der Waals surface area contributed by atoms with Crippen LogP contribution in [0.2, 0.25) is 0 Å². The van der Waals surface area contributed by atoms with Gasteiger partial charge in [0.15, 0.2) is 0 Å². The summed E-state index contributed by atoms with van der Waals surface area (Å²) in [5, 5.41) is 3.82. The van der Waals surface area contributed by atoms with Crippen LogP contribution < -0.4 is 0 Å². The zero-order valence-corrected chi connectivity index (χ0v) is 12.8. The van der Waals surface area contributed by atoms with Gasteiger partial charge in [-0.05, 0) is 59.5 Å². The van der Waals surface area contributed by atoms with Crippen molar-refractivity contribution >= 4 is 21.7 Å². The molecule has 0 saturated carbocycles. The summed E-state index contributed by atoms with van der Waals surface area (Å²) < 4.78 is 0. The highest BCUT2D eigenvalue weighted by Crippen LogP contribution is 2.29. The standard InChI is InChI=1S/C21H17N/c1-14-6-5-9-21-20(14)12-18(13-22-21)17-10-15(2)19-8-4-3-7-16(19)11-17/h3-13H,1-2H3. The molecular weight excluding hydrogens is 266 g/mol. The normalized spacial score (nSPS) is 11.2. The van der Waals surface area contributed by atoms with Gasteiger partial charge in [0, 0.05) is 17.1 Å². The fraction of sp³-hybridized carbons (Fsp3) is 0.0952. The van der Waals surface area contributed by atoms with E-state index in [9.17, 15) is 0 Å². The first-order valence-electron chi connectivity index (χ1n) is 7.57. The van der Waals surface area contributed by atoms with Crippen LogP contribution >= 0.6 is 0 Å². The van der Waals surface area contributed by atoms with E-state index in [0.29, 0.717) is 0 Å². The third kappa shape index (κ3) is 2.06. The zero-order chi connectivity index (χ0) is 15.1. The molecule has 0 aliphatic heterocycles. The summed E-state index contributed by atoms with van der Waals surface area (Å²) >= 11 is 0. The SMILES string of the molecule is Cc1cc(-c2cnc3cccc(C)c3c2)cc2ccccc12. The van der Waals surface area contributed by atoms with E-state index < -0.39 is 0 Å². The molecule has 0 radical (unpaired) electrons. The van der Waals surface area contributed by atoms with E-state index in [4.69, 9.17) is 0 Å². The van der Waals surface area contributed by atoms with Gasteiger partial charge < -0.3 is 0 Å². The van der Waals surface area contributed by atoms with E-state index in [1.165, 1.54) is 38.4 Å². The molecule has 1 heterocycles. The van der Waals surface area contributed by atoms with E-state index in [2.05, 4.69) is 79.5 Å². The summed E-state index contributed by atoms with van der Waals surface area (Å²) in [4.78, 5) is 4.63. The average Bonchev–Trinajstić information content (AvgIpc) is 2.55. The lowest BCUT2D eigenvalue weighted by atomic mass is 9.97. The van der Waals surface area contributed by atoms with Gasteiger partial charge in [0.25, 0.3) is 0 Å². The Morgan fingerprint density at radius 3 is 2.45 bits per heavy atom. The van der Waals surface area contributed by atoms with Crippen LogP contribution in [0.15, 0.2) is 66.9 Å². The average molecular weight is 283 g/mol. The molecule has 0 aliphatic rings. The van der Waals surface area contributed by atoms with E-state index in [1.807, 2.05) is 6.20 Å². The molecule has 0 aliphatic carbocycles. The van der Waals surface area contributed by atoms with Crippen molar-refractivity contribution in [2.24, 2.45) is 0 Å². The van der Waals surface area contributed by atoms with Crippen molar-refractivity contribution in [1.82, 2.24) is 4.98 Å². The number of fused-ring (bicyclic) bond motifs is 2. The van der Waals surface area contributed by atoms with Crippen molar-refractivity contribution in [2.45, 2.75) is 13.8 Å². The molecule has 1 aromatic heterocycles. The monoisotopic (exact) mass is 283 g/mol. The molecule has 0 saturated heterocycles. The molecule has 4 rings (SSSR count). The second kappa shape index (κ2) is 4.96. The molecule has 0 fully saturated rings. The molecule has 22 heavy (non-hydrogen) atoms. The third-order valence-electron chi connectivity index (χ3n) is 4.35. The highest BCUT2D eigenvalue weighted by atomic mass is 14.6. The van der Waals surface area contributed by atoms with Crippen molar-refractivity contribution in [3.8, 4) is 11.1 Å². The molecule has 3 aromatic carbocycles. The van der Waals surface area contributed by atoms with Crippen molar-refractivity contribution in [2.75, 3.05) is 0 Å². The minimum atomic E-state index is 1.06. The molecule has 0 atom stereocenters. The Labute approximate surface area is 130 Å². The van der Waals surface area contributed by atoms with Crippen LogP contribution in [0.1, 0.15) is 11.1 Å². The molecule has 106 valence electrons. The maximum absolute atomic E-state index is 4.63. The van der Waals surface area contributed by atoms with Crippen molar-refractivity contribution in [3.05, 3.63) is 78.0 Å². The summed E-state index contributed by atoms with van der Waals surface area (Å²) in [6.07, 6.45) is 1.98. The third-order valence-corrected chi connectivity index (χ3v) is 4.35. The fourth-order valence-corrected chi connectivity index (χ4v) is 3.12. The lowest BCUT2D eigenvalue weighted by molar-refractivity contribution is 1.39. The molecule has 1 nitrogen and oxygen atoms in total. The molecule has 1 heteroatoms. The number of hydrogen-bond acceptors (Lipinski definition) is 1. The Bertz CT molecular complexity index is 999. The van der Waals surface area contributed by atoms with Crippen molar-refractivity contribution in [1.29, 1.82) is 0 Å². The number of benzene rings is 3. The van der Waals surface area contributed by atoms with E-state index in [-0.39, 0.29) is 0 Å². The molecule has 0 amide bonds. The van der Waals surface area contributed by atoms with Crippen LogP contribution in [0.4, 0.5) is 0 Å². The van der Waals surface area contributed by atoms with E-state index in [0.717, 1.165) is 5.52 Å². The van der Waals surface area contributed by atoms with Gasteiger partial charge >= 0.3 is 0 Å². The predicted octanol–water partition coefficient (Wildman–Crippen LogP) is 5.67. The summed E-state index contributed by atoms with van der Waals surface area (Å²) in [6.45, 7) is 4.31. The van der Waals surface area contributed by atoms with Crippen molar-refractivity contribution < 1.29 is 0 Å². The van der Waals surface area contributed by atoms with Crippen LogP contribution in [-0.4, -0.2) is 4.98 Å². The lowest BCUT2D eigenvalue weighted by Gasteiger charge is -2.09. The number of aryl methyl sites for hydroxylation is 2. The van der Waals surface area contributed by atoms with Gasteiger partial charge in [-0.3, -0.25) is 4.98 Å². The van der Waals surface area contributed by atoms with Crippen LogP contribution in [0.25, 0.3) is 32.8 Å². The second-order valence-electron chi connectivity index (χ2n) is 5.88. The fourth-order valence-electron chi connectivity index (χ4n) is 3.12. The summed E-state index contributed by atoms with van der Waals surface area (Å²) in [6, 6.07) is 21.6. The van der Waals surface area contributed by atoms with Crippen molar-refractivity contribution in [3.63, 3.8) is 0 Å². The molecule has 0 spiro atoms. The molecule has 0 N–H and O–H groups in total. The predicted molar refractivity (Wildman–Crippen MR) is 94.2 cm³/mol. The first-order chi connectivity index (χ1) is 10.7. The first-order valence-corrected chi connectivity index (χ1v) is 7.57. The van der Waals surface area contributed by atoms with Crippen LogP contribution in [-0.2, 0) is 0 Å². The van der Waals surface area contributed by atoms with E-state index >= 15 is 0 Å². The number of rotatable bonds is 1. The van der Waals surface area contributed by atoms with Gasteiger partial charge in [0.05, 0.1) is 5.52 Å². The van der Waals surface area contributed by atoms with E-state index in [1.54, 1.807) is 0 Å². The minimum absolute atomic E-state index is 1.06. The number of nitrogens with zero attached hydrogens (tertiary/aromatic N) is 1. The maximum atomic E-state index is 4.63. The topological polar surface area (TPSA) is 12.9 Å². The maximum Gasteiger partial charge on any atom is 0.0705 e. The van der Waals surface area contributed by atoms with Gasteiger partial charge in [0.2, 0.25) is 0 Å². The number of aromatic nitrogens is 1. The Balaban J connectivity index is 1.97. The Kier molecular flexibility index (Phi) is 2.93. The molecular formula is C21H17N. The van der Waals surface area contributed by atoms with Gasteiger partial charge in [-0.1, -0.05) is 42.5 Å².